The maximum atomic E-state index is 12.8. The number of amides is 2. The number of carbonyl (C=O) groups excluding carboxylic acids is 2. The van der Waals surface area contributed by atoms with Gasteiger partial charge in [0.2, 0.25) is 5.91 Å². The van der Waals surface area contributed by atoms with Crippen molar-refractivity contribution in [1.29, 1.82) is 0 Å². The van der Waals surface area contributed by atoms with Crippen LogP contribution in [-0.4, -0.2) is 54.3 Å². The van der Waals surface area contributed by atoms with Crippen molar-refractivity contribution < 1.29 is 9.59 Å². The van der Waals surface area contributed by atoms with Crippen LogP contribution >= 0.6 is 28.3 Å². The van der Waals surface area contributed by atoms with E-state index in [4.69, 9.17) is 5.73 Å². The molecule has 1 heterocycles. The lowest BCUT2D eigenvalue weighted by atomic mass is 9.81. The van der Waals surface area contributed by atoms with Crippen molar-refractivity contribution in [2.24, 2.45) is 11.1 Å². The highest BCUT2D eigenvalue weighted by Gasteiger charge is 2.38. The van der Waals surface area contributed by atoms with E-state index in [0.29, 0.717) is 38.3 Å². The number of halogens is 2. The number of hydrogen-bond acceptors (Lipinski definition) is 3. The van der Waals surface area contributed by atoms with Gasteiger partial charge in [0.15, 0.2) is 0 Å². The summed E-state index contributed by atoms with van der Waals surface area (Å²) in [5, 5.41) is 0. The molecule has 0 aliphatic carbocycles. The lowest BCUT2D eigenvalue weighted by molar-refractivity contribution is -0.143. The Morgan fingerprint density at radius 3 is 1.96 bits per heavy atom. The minimum absolute atomic E-state index is 0. The maximum Gasteiger partial charge on any atom is 0.253 e. The predicted molar refractivity (Wildman–Crippen MR) is 106 cm³/mol. The number of rotatable bonds is 5. The van der Waals surface area contributed by atoms with E-state index in [9.17, 15) is 9.59 Å². The highest BCUT2D eigenvalue weighted by Crippen LogP contribution is 2.28. The lowest BCUT2D eigenvalue weighted by Crippen LogP contribution is -2.55. The summed E-state index contributed by atoms with van der Waals surface area (Å²) >= 11 is 3.37. The van der Waals surface area contributed by atoms with Crippen molar-refractivity contribution in [1.82, 2.24) is 9.80 Å². The summed E-state index contributed by atoms with van der Waals surface area (Å²) < 4.78 is 0.951. The molecule has 2 N–H and O–H groups in total. The van der Waals surface area contributed by atoms with E-state index in [0.717, 1.165) is 17.3 Å². The fourth-order valence-corrected chi connectivity index (χ4v) is 3.42. The van der Waals surface area contributed by atoms with E-state index in [1.807, 2.05) is 47.9 Å². The highest BCUT2D eigenvalue weighted by molar-refractivity contribution is 9.10. The summed E-state index contributed by atoms with van der Waals surface area (Å²) in [4.78, 5) is 29.1. The molecule has 0 unspecified atom stereocenters. The van der Waals surface area contributed by atoms with Crippen LogP contribution in [0.1, 0.15) is 37.0 Å². The molecule has 7 heteroatoms. The van der Waals surface area contributed by atoms with E-state index < -0.39 is 5.41 Å². The summed E-state index contributed by atoms with van der Waals surface area (Å²) in [7, 11) is 0. The molecule has 0 bridgehead atoms. The molecule has 1 aromatic carbocycles. The molecular formula is C18H27BrClN3O2. The number of nitrogens with two attached hydrogens (primary N) is 1. The van der Waals surface area contributed by atoms with E-state index in [-0.39, 0.29) is 24.2 Å². The minimum atomic E-state index is -0.460. The van der Waals surface area contributed by atoms with Crippen LogP contribution in [0.4, 0.5) is 0 Å². The van der Waals surface area contributed by atoms with Gasteiger partial charge >= 0.3 is 0 Å². The van der Waals surface area contributed by atoms with Crippen molar-refractivity contribution in [2.45, 2.75) is 26.7 Å². The van der Waals surface area contributed by atoms with Crippen LogP contribution in [0.5, 0.6) is 0 Å². The van der Waals surface area contributed by atoms with Crippen LogP contribution in [0.15, 0.2) is 28.7 Å². The van der Waals surface area contributed by atoms with E-state index >= 15 is 0 Å². The third-order valence-corrected chi connectivity index (χ3v) is 5.67. The zero-order valence-electron chi connectivity index (χ0n) is 14.8. The van der Waals surface area contributed by atoms with E-state index in [1.54, 1.807) is 0 Å². The fourth-order valence-electron chi connectivity index (χ4n) is 3.15. The van der Waals surface area contributed by atoms with Crippen LogP contribution in [-0.2, 0) is 4.79 Å². The first-order valence-electron chi connectivity index (χ1n) is 8.51. The average molecular weight is 433 g/mol. The van der Waals surface area contributed by atoms with Gasteiger partial charge in [-0.2, -0.15) is 0 Å². The Labute approximate surface area is 164 Å². The second-order valence-electron chi connectivity index (χ2n) is 6.28. The first kappa shape index (κ1) is 21.9. The van der Waals surface area contributed by atoms with E-state index in [2.05, 4.69) is 15.9 Å². The highest BCUT2D eigenvalue weighted by atomic mass is 79.9. The van der Waals surface area contributed by atoms with E-state index in [1.165, 1.54) is 0 Å². The third-order valence-electron chi connectivity index (χ3n) is 5.14. The van der Waals surface area contributed by atoms with Gasteiger partial charge in [-0.25, -0.2) is 0 Å². The van der Waals surface area contributed by atoms with Gasteiger partial charge in [-0.05, 0) is 37.1 Å². The van der Waals surface area contributed by atoms with Crippen LogP contribution in [0.2, 0.25) is 0 Å². The van der Waals surface area contributed by atoms with Crippen LogP contribution in [0.3, 0.4) is 0 Å². The molecule has 0 radical (unpaired) electrons. The zero-order chi connectivity index (χ0) is 17.7. The second kappa shape index (κ2) is 9.55. The second-order valence-corrected chi connectivity index (χ2v) is 7.20. The van der Waals surface area contributed by atoms with Crippen molar-refractivity contribution >= 4 is 40.2 Å². The quantitative estimate of drug-likeness (QED) is 0.778. The molecule has 5 nitrogen and oxygen atoms in total. The minimum Gasteiger partial charge on any atom is -0.339 e. The van der Waals surface area contributed by atoms with Gasteiger partial charge in [-0.1, -0.05) is 29.8 Å². The summed E-state index contributed by atoms with van der Waals surface area (Å²) in [5.74, 6) is 0.149. The monoisotopic (exact) mass is 431 g/mol. The summed E-state index contributed by atoms with van der Waals surface area (Å²) in [6, 6.07) is 7.37. The van der Waals surface area contributed by atoms with Crippen LogP contribution in [0, 0.1) is 5.41 Å². The molecule has 1 aliphatic rings. The van der Waals surface area contributed by atoms with Crippen LogP contribution in [0.25, 0.3) is 0 Å². The normalized spacial score (nSPS) is 14.9. The third kappa shape index (κ3) is 4.74. The molecule has 140 valence electrons. The Morgan fingerprint density at radius 1 is 1.04 bits per heavy atom. The summed E-state index contributed by atoms with van der Waals surface area (Å²) in [6.07, 6.45) is 1.49. The number of hydrogen-bond donors (Lipinski definition) is 1. The van der Waals surface area contributed by atoms with Crippen molar-refractivity contribution in [3.63, 3.8) is 0 Å². The molecule has 0 spiro atoms. The number of carbonyl (C=O) groups is 2. The largest absolute Gasteiger partial charge is 0.339 e. The molecule has 1 aliphatic heterocycles. The Hall–Kier alpha value is -1.11. The van der Waals surface area contributed by atoms with Gasteiger partial charge in [0.05, 0.1) is 5.41 Å². The molecule has 1 aromatic rings. The topological polar surface area (TPSA) is 66.6 Å². The van der Waals surface area contributed by atoms with Crippen LogP contribution < -0.4 is 5.73 Å². The predicted octanol–water partition coefficient (Wildman–Crippen LogP) is 2.92. The van der Waals surface area contributed by atoms with Gasteiger partial charge in [0, 0.05) is 42.8 Å². The molecule has 2 amide bonds. The van der Waals surface area contributed by atoms with Crippen molar-refractivity contribution in [2.75, 3.05) is 32.7 Å². The zero-order valence-corrected chi connectivity index (χ0v) is 17.2. The molecule has 25 heavy (non-hydrogen) atoms. The standard InChI is InChI=1S/C18H26BrN3O2.ClH/c1-3-18(4-2,13-20)17(24)22-11-9-21(10-12-22)16(23)14-5-7-15(19)8-6-14;/h5-8H,3-4,9-13,20H2,1-2H3;1H. The summed E-state index contributed by atoms with van der Waals surface area (Å²) in [5.41, 5.74) is 6.10. The van der Waals surface area contributed by atoms with Gasteiger partial charge < -0.3 is 15.5 Å². The average Bonchev–Trinajstić information content (AvgIpc) is 2.63. The fraction of sp³-hybridized carbons (Fsp3) is 0.556. The first-order chi connectivity index (χ1) is 11.5. The Balaban J connectivity index is 0.00000312. The molecule has 0 aromatic heterocycles. The molecule has 1 fully saturated rings. The lowest BCUT2D eigenvalue weighted by Gasteiger charge is -2.40. The molecular weight excluding hydrogens is 406 g/mol. The Morgan fingerprint density at radius 2 is 1.52 bits per heavy atom. The SMILES string of the molecule is CCC(CC)(CN)C(=O)N1CCN(C(=O)c2ccc(Br)cc2)CC1.Cl. The molecule has 2 rings (SSSR count). The smallest absolute Gasteiger partial charge is 0.253 e. The van der Waals surface area contributed by atoms with Gasteiger partial charge in [0.25, 0.3) is 5.91 Å². The number of piperazine rings is 1. The summed E-state index contributed by atoms with van der Waals surface area (Å²) in [6.45, 7) is 6.68. The number of benzene rings is 1. The van der Waals surface area contributed by atoms with Crippen molar-refractivity contribution in [3.05, 3.63) is 34.3 Å². The van der Waals surface area contributed by atoms with Crippen molar-refractivity contribution in [3.8, 4) is 0 Å². The Kier molecular flexibility index (Phi) is 8.38. The van der Waals surface area contributed by atoms with Gasteiger partial charge in [-0.15, -0.1) is 12.4 Å². The number of nitrogens with zero attached hydrogens (tertiary/aromatic N) is 2. The first-order valence-corrected chi connectivity index (χ1v) is 9.31. The van der Waals surface area contributed by atoms with Gasteiger partial charge in [0.1, 0.15) is 0 Å². The maximum absolute atomic E-state index is 12.8. The molecule has 1 saturated heterocycles. The molecule has 0 atom stereocenters. The van der Waals surface area contributed by atoms with Gasteiger partial charge in [-0.3, -0.25) is 9.59 Å². The molecule has 0 saturated carbocycles. The Bertz CT molecular complexity index is 574.